The number of aromatic nitrogens is 2. The molecule has 2 aromatic carbocycles. The van der Waals surface area contributed by atoms with E-state index < -0.39 is 35.7 Å². The Kier molecular flexibility index (Phi) is 9.94. The lowest BCUT2D eigenvalue weighted by Crippen LogP contribution is -2.74. The number of amides is 1. The number of carboxylic acid groups (broad SMARTS) is 1. The largest absolute Gasteiger partial charge is 0.481 e. The average molecular weight is 579 g/mol. The smallest absolute Gasteiger partial charge is 0.305 e. The molecule has 1 amide bonds. The van der Waals surface area contributed by atoms with Gasteiger partial charge in [0, 0.05) is 16.1 Å². The van der Waals surface area contributed by atoms with Crippen molar-refractivity contribution >= 4 is 35.1 Å². The van der Waals surface area contributed by atoms with Gasteiger partial charge in [-0.25, -0.2) is 4.68 Å². The summed E-state index contributed by atoms with van der Waals surface area (Å²) in [5.74, 6) is -1.60. The van der Waals surface area contributed by atoms with Crippen molar-refractivity contribution < 1.29 is 24.5 Å². The topological polar surface area (TPSA) is 150 Å². The van der Waals surface area contributed by atoms with E-state index in [4.69, 9.17) is 27.9 Å². The molecule has 39 heavy (non-hydrogen) atoms. The van der Waals surface area contributed by atoms with Crippen LogP contribution in [0.25, 0.3) is 5.69 Å². The van der Waals surface area contributed by atoms with Crippen LogP contribution >= 0.6 is 23.2 Å². The highest BCUT2D eigenvalue weighted by molar-refractivity contribution is 6.35. The fraction of sp³-hybridized carbons (Fsp3) is 0.346. The third-order valence-electron chi connectivity index (χ3n) is 6.60. The van der Waals surface area contributed by atoms with E-state index in [1.54, 1.807) is 64.5 Å². The molecule has 0 aliphatic rings. The minimum atomic E-state index is -1.58. The standard InChI is InChI=1S/C26H32Cl2N6O5/c1-25(29-2,30-3)26(38,31-4)15-39-22-13-21(33-34(22)17-8-6-5-7-9-17)24(37)32-20(14-23(35)36)18-11-10-16(27)12-19(18)28/h5-13,20,29-31,38H,14-15H2,1-4H3,(H,32,37)(H,35,36)/t20-,26-/m0/s1. The molecule has 0 radical (unpaired) electrons. The number of aliphatic hydroxyl groups is 1. The summed E-state index contributed by atoms with van der Waals surface area (Å²) in [6, 6.07) is 14.0. The molecule has 1 aromatic heterocycles. The van der Waals surface area contributed by atoms with E-state index in [2.05, 4.69) is 26.4 Å². The van der Waals surface area contributed by atoms with Crippen LogP contribution in [0.4, 0.5) is 0 Å². The van der Waals surface area contributed by atoms with Gasteiger partial charge in [-0.2, -0.15) is 5.10 Å². The molecule has 13 heteroatoms. The lowest BCUT2D eigenvalue weighted by Gasteiger charge is -2.44. The van der Waals surface area contributed by atoms with Crippen LogP contribution in [-0.2, 0) is 4.79 Å². The van der Waals surface area contributed by atoms with Crippen LogP contribution < -0.4 is 26.0 Å². The van der Waals surface area contributed by atoms with Crippen molar-refractivity contribution in [1.82, 2.24) is 31.0 Å². The average Bonchev–Trinajstić information content (AvgIpc) is 3.35. The first-order chi connectivity index (χ1) is 18.5. The highest BCUT2D eigenvalue weighted by Gasteiger charge is 2.45. The Morgan fingerprint density at radius 2 is 1.72 bits per heavy atom. The molecule has 0 unspecified atom stereocenters. The fourth-order valence-corrected chi connectivity index (χ4v) is 4.49. The number of carbonyl (C=O) groups excluding carboxylic acids is 1. The van der Waals surface area contributed by atoms with Gasteiger partial charge in [0.25, 0.3) is 5.91 Å². The number of hydrogen-bond acceptors (Lipinski definition) is 8. The molecule has 1 heterocycles. The van der Waals surface area contributed by atoms with E-state index in [1.807, 2.05) is 6.07 Å². The number of hydrogen-bond donors (Lipinski definition) is 6. The number of para-hydroxylation sites is 1. The second-order valence-corrected chi connectivity index (χ2v) is 9.77. The van der Waals surface area contributed by atoms with E-state index in [9.17, 15) is 19.8 Å². The molecule has 3 rings (SSSR count). The monoisotopic (exact) mass is 578 g/mol. The van der Waals surface area contributed by atoms with Crippen LogP contribution in [-0.4, -0.2) is 71.0 Å². The zero-order valence-corrected chi connectivity index (χ0v) is 23.5. The molecule has 0 saturated carbocycles. The molecule has 210 valence electrons. The summed E-state index contributed by atoms with van der Waals surface area (Å²) in [6.45, 7) is 1.52. The Morgan fingerprint density at radius 3 is 2.28 bits per heavy atom. The number of halogens is 2. The molecule has 0 aliphatic carbocycles. The van der Waals surface area contributed by atoms with Crippen LogP contribution in [0.5, 0.6) is 5.88 Å². The zero-order valence-electron chi connectivity index (χ0n) is 22.0. The summed E-state index contributed by atoms with van der Waals surface area (Å²) in [7, 11) is 4.97. The van der Waals surface area contributed by atoms with Crippen LogP contribution in [0.15, 0.2) is 54.6 Å². The molecule has 6 N–H and O–H groups in total. The van der Waals surface area contributed by atoms with Gasteiger partial charge in [-0.3, -0.25) is 25.5 Å². The van der Waals surface area contributed by atoms with Crippen molar-refractivity contribution in [3.63, 3.8) is 0 Å². The first-order valence-corrected chi connectivity index (χ1v) is 12.8. The third kappa shape index (κ3) is 6.88. The van der Waals surface area contributed by atoms with Gasteiger partial charge in [0.2, 0.25) is 5.88 Å². The minimum Gasteiger partial charge on any atom is -0.481 e. The first kappa shape index (κ1) is 30.4. The minimum absolute atomic E-state index is 0.0349. The number of benzene rings is 2. The van der Waals surface area contributed by atoms with Crippen molar-refractivity contribution in [2.75, 3.05) is 27.7 Å². The van der Waals surface area contributed by atoms with Crippen molar-refractivity contribution in [3.05, 3.63) is 75.9 Å². The molecular weight excluding hydrogens is 547 g/mol. The van der Waals surface area contributed by atoms with E-state index in [0.717, 1.165) is 0 Å². The molecule has 2 atom stereocenters. The Balaban J connectivity index is 1.96. The number of nitrogens with one attached hydrogen (secondary N) is 4. The SMILES string of the molecule is CNC(C)(NC)[C@@](O)(COc1cc(C(=O)N[C@@H](CC(=O)O)c2ccc(Cl)cc2Cl)nn1-c1ccccc1)NC. The van der Waals surface area contributed by atoms with Crippen LogP contribution in [0, 0.1) is 0 Å². The fourth-order valence-electron chi connectivity index (χ4n) is 3.95. The Hall–Kier alpha value is -3.19. The van der Waals surface area contributed by atoms with Gasteiger partial charge in [-0.15, -0.1) is 0 Å². The highest BCUT2D eigenvalue weighted by Crippen LogP contribution is 2.29. The van der Waals surface area contributed by atoms with Crippen LogP contribution in [0.1, 0.15) is 35.4 Å². The Bertz CT molecular complexity index is 1300. The number of nitrogens with zero attached hydrogens (tertiary/aromatic N) is 2. The molecule has 0 fully saturated rings. The maximum atomic E-state index is 13.3. The van der Waals surface area contributed by atoms with Gasteiger partial charge < -0.3 is 20.3 Å². The maximum absolute atomic E-state index is 13.3. The summed E-state index contributed by atoms with van der Waals surface area (Å²) in [4.78, 5) is 24.9. The summed E-state index contributed by atoms with van der Waals surface area (Å²) in [5, 5.41) is 37.4. The van der Waals surface area contributed by atoms with Crippen LogP contribution in [0.3, 0.4) is 0 Å². The third-order valence-corrected chi connectivity index (χ3v) is 7.16. The maximum Gasteiger partial charge on any atom is 0.305 e. The normalized spacial score (nSPS) is 13.9. The number of rotatable bonds is 13. The number of carboxylic acids is 1. The van der Waals surface area contributed by atoms with Crippen LogP contribution in [0.2, 0.25) is 10.0 Å². The summed E-state index contributed by atoms with van der Waals surface area (Å²) >= 11 is 12.3. The predicted molar refractivity (Wildman–Crippen MR) is 149 cm³/mol. The number of carbonyl (C=O) groups is 2. The predicted octanol–water partition coefficient (Wildman–Crippen LogP) is 2.57. The summed E-state index contributed by atoms with van der Waals surface area (Å²) in [5.41, 5.74) is -1.60. The molecular formula is C26H32Cl2N6O5. The second kappa shape index (κ2) is 12.8. The van der Waals surface area contributed by atoms with E-state index >= 15 is 0 Å². The molecule has 0 bridgehead atoms. The first-order valence-electron chi connectivity index (χ1n) is 12.0. The van der Waals surface area contributed by atoms with Crippen molar-refractivity contribution in [2.24, 2.45) is 0 Å². The van der Waals surface area contributed by atoms with Gasteiger partial charge in [-0.05, 0) is 57.9 Å². The Morgan fingerprint density at radius 1 is 1.05 bits per heavy atom. The lowest BCUT2D eigenvalue weighted by molar-refractivity contribution is -0.137. The molecule has 0 saturated heterocycles. The lowest BCUT2D eigenvalue weighted by atomic mass is 9.98. The molecule has 0 aliphatic heterocycles. The molecule has 3 aromatic rings. The van der Waals surface area contributed by atoms with Gasteiger partial charge in [0.1, 0.15) is 12.3 Å². The van der Waals surface area contributed by atoms with Gasteiger partial charge >= 0.3 is 5.97 Å². The molecule has 11 nitrogen and oxygen atoms in total. The zero-order chi connectivity index (χ0) is 28.8. The van der Waals surface area contributed by atoms with Gasteiger partial charge in [0.15, 0.2) is 11.4 Å². The van der Waals surface area contributed by atoms with Gasteiger partial charge in [-0.1, -0.05) is 47.5 Å². The highest BCUT2D eigenvalue weighted by atomic mass is 35.5. The quantitative estimate of drug-likeness (QED) is 0.168. The summed E-state index contributed by atoms with van der Waals surface area (Å²) < 4.78 is 7.43. The number of likely N-dealkylation sites (N-methyl/N-ethyl adjacent to an activating group) is 3. The van der Waals surface area contributed by atoms with Crippen molar-refractivity contribution in [2.45, 2.75) is 30.8 Å². The van der Waals surface area contributed by atoms with E-state index in [0.29, 0.717) is 16.3 Å². The summed E-state index contributed by atoms with van der Waals surface area (Å²) in [6.07, 6.45) is -0.419. The van der Waals surface area contributed by atoms with E-state index in [-0.39, 0.29) is 23.2 Å². The van der Waals surface area contributed by atoms with Gasteiger partial charge in [0.05, 0.1) is 18.2 Å². The second-order valence-electron chi connectivity index (χ2n) is 8.93. The van der Waals surface area contributed by atoms with Crippen molar-refractivity contribution in [1.29, 1.82) is 0 Å². The number of aliphatic carboxylic acids is 1. The van der Waals surface area contributed by atoms with Crippen molar-refractivity contribution in [3.8, 4) is 11.6 Å². The Labute approximate surface area is 236 Å². The van der Waals surface area contributed by atoms with E-state index in [1.165, 1.54) is 16.8 Å². The number of ether oxygens (including phenoxy) is 1. The molecule has 0 spiro atoms.